The van der Waals surface area contributed by atoms with Gasteiger partial charge in [0.25, 0.3) is 11.8 Å². The molecule has 0 radical (unpaired) electrons. The Hall–Kier alpha value is -1.16. The highest BCUT2D eigenvalue weighted by molar-refractivity contribution is 6.16. The average Bonchev–Trinajstić information content (AvgIpc) is 2.61. The van der Waals surface area contributed by atoms with Crippen LogP contribution in [0.2, 0.25) is 0 Å². The van der Waals surface area contributed by atoms with E-state index in [1.54, 1.807) is 6.92 Å². The van der Waals surface area contributed by atoms with Gasteiger partial charge in [0.05, 0.1) is 6.04 Å². The lowest BCUT2D eigenvalue weighted by molar-refractivity contribution is -0.137. The number of nitrogens with two attached hydrogens (primary N) is 1. The van der Waals surface area contributed by atoms with Crippen LogP contribution in [0, 0.1) is 0 Å². The zero-order valence-electron chi connectivity index (χ0n) is 6.78. The van der Waals surface area contributed by atoms with Gasteiger partial charge in [-0.15, -0.1) is 0 Å². The van der Waals surface area contributed by atoms with E-state index in [2.05, 4.69) is 0 Å². The predicted octanol–water partition coefficient (Wildman–Crippen LogP) is -0.599. The third-order valence-electron chi connectivity index (χ3n) is 2.27. The van der Waals surface area contributed by atoms with Gasteiger partial charge in [0.15, 0.2) is 0 Å². The molecule has 12 heavy (non-hydrogen) atoms. The summed E-state index contributed by atoms with van der Waals surface area (Å²) in [5, 5.41) is 0. The zero-order valence-corrected chi connectivity index (χ0v) is 6.78. The van der Waals surface area contributed by atoms with Crippen molar-refractivity contribution < 1.29 is 9.59 Å². The van der Waals surface area contributed by atoms with Crippen LogP contribution < -0.4 is 5.73 Å². The van der Waals surface area contributed by atoms with E-state index in [0.29, 0.717) is 5.57 Å². The maximum absolute atomic E-state index is 11.3. The summed E-state index contributed by atoms with van der Waals surface area (Å²) in [6.45, 7) is 1.65. The van der Waals surface area contributed by atoms with E-state index >= 15 is 0 Å². The number of hydrogen-bond donors (Lipinski definition) is 1. The van der Waals surface area contributed by atoms with E-state index in [4.69, 9.17) is 5.73 Å². The molecule has 1 aliphatic heterocycles. The van der Waals surface area contributed by atoms with E-state index < -0.39 is 0 Å². The second kappa shape index (κ2) is 2.17. The van der Waals surface area contributed by atoms with Crippen LogP contribution in [0.3, 0.4) is 0 Å². The normalized spacial score (nSPS) is 34.2. The van der Waals surface area contributed by atoms with Crippen molar-refractivity contribution in [3.8, 4) is 0 Å². The highest BCUT2D eigenvalue weighted by atomic mass is 16.2. The lowest BCUT2D eigenvalue weighted by Crippen LogP contribution is -2.36. The summed E-state index contributed by atoms with van der Waals surface area (Å²) in [6.07, 6.45) is 2.12. The van der Waals surface area contributed by atoms with Crippen molar-refractivity contribution in [2.24, 2.45) is 5.73 Å². The van der Waals surface area contributed by atoms with Crippen molar-refractivity contribution in [1.82, 2.24) is 4.90 Å². The molecule has 0 bridgehead atoms. The zero-order chi connectivity index (χ0) is 8.88. The fraction of sp³-hybridized carbons (Fsp3) is 0.500. The molecule has 0 aromatic heterocycles. The molecule has 1 heterocycles. The summed E-state index contributed by atoms with van der Waals surface area (Å²) < 4.78 is 0. The van der Waals surface area contributed by atoms with Crippen LogP contribution in [0.15, 0.2) is 11.6 Å². The second-order valence-electron chi connectivity index (χ2n) is 3.31. The molecule has 0 aromatic carbocycles. The van der Waals surface area contributed by atoms with Crippen molar-refractivity contribution in [2.45, 2.75) is 25.4 Å². The number of hydrogen-bond acceptors (Lipinski definition) is 3. The van der Waals surface area contributed by atoms with Gasteiger partial charge in [-0.05, 0) is 13.3 Å². The summed E-state index contributed by atoms with van der Waals surface area (Å²) >= 11 is 0. The monoisotopic (exact) mass is 166 g/mol. The van der Waals surface area contributed by atoms with E-state index in [1.807, 2.05) is 0 Å². The molecule has 2 amide bonds. The summed E-state index contributed by atoms with van der Waals surface area (Å²) in [6, 6.07) is -0.0455. The van der Waals surface area contributed by atoms with Gasteiger partial charge in [0.1, 0.15) is 0 Å². The van der Waals surface area contributed by atoms with Gasteiger partial charge in [-0.2, -0.15) is 0 Å². The fourth-order valence-electron chi connectivity index (χ4n) is 1.42. The molecule has 2 N–H and O–H groups in total. The van der Waals surface area contributed by atoms with Gasteiger partial charge >= 0.3 is 0 Å². The topological polar surface area (TPSA) is 63.4 Å². The van der Waals surface area contributed by atoms with Crippen LogP contribution >= 0.6 is 0 Å². The quantitative estimate of drug-likeness (QED) is 0.529. The van der Waals surface area contributed by atoms with E-state index in [1.165, 1.54) is 11.0 Å². The SMILES string of the molecule is CC1=CC(=O)N(C2CC2N)C1=O. The Labute approximate surface area is 70.0 Å². The third kappa shape index (κ3) is 0.881. The number of rotatable bonds is 1. The van der Waals surface area contributed by atoms with Gasteiger partial charge in [0.2, 0.25) is 0 Å². The molecule has 64 valence electrons. The minimum absolute atomic E-state index is 0.00259. The van der Waals surface area contributed by atoms with Crippen LogP contribution in [0.25, 0.3) is 0 Å². The minimum atomic E-state index is -0.213. The van der Waals surface area contributed by atoms with Crippen molar-refractivity contribution >= 4 is 11.8 Å². The first-order chi connectivity index (χ1) is 5.61. The van der Waals surface area contributed by atoms with Gasteiger partial charge in [-0.3, -0.25) is 14.5 Å². The lowest BCUT2D eigenvalue weighted by atomic mass is 10.3. The van der Waals surface area contributed by atoms with Crippen LogP contribution in [0.5, 0.6) is 0 Å². The molecule has 0 aromatic rings. The van der Waals surface area contributed by atoms with Gasteiger partial charge in [-0.1, -0.05) is 0 Å². The van der Waals surface area contributed by atoms with E-state index in [9.17, 15) is 9.59 Å². The van der Waals surface area contributed by atoms with Gasteiger partial charge in [0, 0.05) is 17.7 Å². The highest BCUT2D eigenvalue weighted by Gasteiger charge is 2.46. The summed E-state index contributed by atoms with van der Waals surface area (Å²) in [7, 11) is 0. The largest absolute Gasteiger partial charge is 0.326 e. The molecule has 1 fully saturated rings. The Balaban J connectivity index is 2.19. The third-order valence-corrected chi connectivity index (χ3v) is 2.27. The summed E-state index contributed by atoms with van der Waals surface area (Å²) in [5.74, 6) is -0.395. The molecule has 4 nitrogen and oxygen atoms in total. The van der Waals surface area contributed by atoms with E-state index in [-0.39, 0.29) is 23.9 Å². The molecular formula is C8H10N2O2. The number of carbonyl (C=O) groups excluding carboxylic acids is 2. The molecule has 4 heteroatoms. The van der Waals surface area contributed by atoms with Crippen molar-refractivity contribution in [2.75, 3.05) is 0 Å². The van der Waals surface area contributed by atoms with Crippen LogP contribution in [-0.2, 0) is 9.59 Å². The van der Waals surface area contributed by atoms with Gasteiger partial charge < -0.3 is 5.73 Å². The lowest BCUT2D eigenvalue weighted by Gasteiger charge is -2.12. The van der Waals surface area contributed by atoms with Crippen LogP contribution in [0.1, 0.15) is 13.3 Å². The maximum Gasteiger partial charge on any atom is 0.256 e. The maximum atomic E-state index is 11.3. The number of nitrogens with zero attached hydrogens (tertiary/aromatic N) is 1. The first kappa shape index (κ1) is 7.49. The number of imide groups is 1. The standard InChI is InChI=1S/C8H10N2O2/c1-4-2-7(11)10(8(4)12)6-3-5(6)9/h2,5-6H,3,9H2,1H3. The molecule has 0 spiro atoms. The first-order valence-corrected chi connectivity index (χ1v) is 3.92. The molecule has 2 aliphatic rings. The van der Waals surface area contributed by atoms with Crippen molar-refractivity contribution in [3.63, 3.8) is 0 Å². The highest BCUT2D eigenvalue weighted by Crippen LogP contribution is 2.29. The Morgan fingerprint density at radius 2 is 2.17 bits per heavy atom. The smallest absolute Gasteiger partial charge is 0.256 e. The molecular weight excluding hydrogens is 156 g/mol. The molecule has 1 aliphatic carbocycles. The van der Waals surface area contributed by atoms with E-state index in [0.717, 1.165) is 6.42 Å². The molecule has 2 rings (SSSR count). The summed E-state index contributed by atoms with van der Waals surface area (Å²) in [5.41, 5.74) is 6.06. The fourth-order valence-corrected chi connectivity index (χ4v) is 1.42. The Morgan fingerprint density at radius 3 is 2.50 bits per heavy atom. The van der Waals surface area contributed by atoms with Gasteiger partial charge in [-0.25, -0.2) is 0 Å². The Morgan fingerprint density at radius 1 is 1.58 bits per heavy atom. The number of amides is 2. The first-order valence-electron chi connectivity index (χ1n) is 3.92. The van der Waals surface area contributed by atoms with Crippen LogP contribution in [-0.4, -0.2) is 28.8 Å². The second-order valence-corrected chi connectivity index (χ2v) is 3.31. The minimum Gasteiger partial charge on any atom is -0.326 e. The average molecular weight is 166 g/mol. The number of carbonyl (C=O) groups is 2. The predicted molar refractivity (Wildman–Crippen MR) is 42.0 cm³/mol. The molecule has 2 unspecified atom stereocenters. The summed E-state index contributed by atoms with van der Waals surface area (Å²) in [4.78, 5) is 23.8. The Kier molecular flexibility index (Phi) is 1.35. The van der Waals surface area contributed by atoms with Crippen LogP contribution in [0.4, 0.5) is 0 Å². The molecule has 0 saturated heterocycles. The molecule has 1 saturated carbocycles. The van der Waals surface area contributed by atoms with Crippen molar-refractivity contribution in [3.05, 3.63) is 11.6 Å². The Bertz CT molecular complexity index is 295. The molecule has 2 atom stereocenters. The van der Waals surface area contributed by atoms with Crippen molar-refractivity contribution in [1.29, 1.82) is 0 Å².